The molecule has 4 heterocycles. The van der Waals surface area contributed by atoms with Gasteiger partial charge in [0, 0.05) is 25.0 Å². The SMILES string of the molecule is C=CC(=O)N1C[C@@H]2C(=O)N(C)c3c(c4cc(F)c(-c5c(O)cccc5F)nc4n(-c4ccccc4C4CCC4)c3=O)N2C[C@H]1C. The number of nitrogens with zero attached hydrogens (tertiary/aromatic N) is 5. The summed E-state index contributed by atoms with van der Waals surface area (Å²) in [5.74, 6) is -2.78. The summed E-state index contributed by atoms with van der Waals surface area (Å²) in [6.07, 6.45) is 4.13. The molecule has 1 N–H and O–H groups in total. The number of benzene rings is 2. The standard InChI is InChI=1S/C34H31F2N5O4/c1-4-27(43)39-17-25-33(44)38(3)31-30(40(25)16-18(39)2)21-15-23(36)29(28-22(35)12-8-14-26(28)42)37-32(21)41(34(31)45)24-13-6-5-11-20(24)19-9-7-10-19/h4-6,8,11-15,18-19,25,42H,1,7,9-10,16-17H2,2-3H3/t18-,25-/m1/s1. The number of carbonyl (C=O) groups excluding carboxylic acids is 2. The Bertz CT molecular complexity index is 1970. The molecule has 7 rings (SSSR count). The van der Waals surface area contributed by atoms with Gasteiger partial charge in [-0.2, -0.15) is 0 Å². The van der Waals surface area contributed by atoms with Gasteiger partial charge in [0.15, 0.2) is 11.5 Å². The van der Waals surface area contributed by atoms with Crippen LogP contribution in [0.3, 0.4) is 0 Å². The van der Waals surface area contributed by atoms with Gasteiger partial charge in [0.2, 0.25) is 5.91 Å². The highest BCUT2D eigenvalue weighted by Crippen LogP contribution is 2.45. The fourth-order valence-corrected chi connectivity index (χ4v) is 6.94. The average molecular weight is 612 g/mol. The van der Waals surface area contributed by atoms with Crippen LogP contribution < -0.4 is 15.4 Å². The average Bonchev–Trinajstić information content (AvgIpc) is 2.99. The molecule has 2 atom stereocenters. The van der Waals surface area contributed by atoms with Crippen LogP contribution in [0.15, 0.2) is 66.0 Å². The maximum Gasteiger partial charge on any atom is 0.282 e. The molecule has 1 saturated heterocycles. The second-order valence-corrected chi connectivity index (χ2v) is 12.0. The van der Waals surface area contributed by atoms with Crippen LogP contribution >= 0.6 is 0 Å². The number of hydrogen-bond acceptors (Lipinski definition) is 6. The van der Waals surface area contributed by atoms with Gasteiger partial charge in [0.25, 0.3) is 11.5 Å². The van der Waals surface area contributed by atoms with E-state index in [1.807, 2.05) is 19.1 Å². The first-order valence-electron chi connectivity index (χ1n) is 15.0. The number of likely N-dealkylation sites (N-methyl/N-ethyl adjacent to an activating group) is 1. The second-order valence-electron chi connectivity index (χ2n) is 12.0. The van der Waals surface area contributed by atoms with Crippen molar-refractivity contribution < 1.29 is 23.5 Å². The van der Waals surface area contributed by atoms with Gasteiger partial charge in [0.1, 0.15) is 29.0 Å². The summed E-state index contributed by atoms with van der Waals surface area (Å²) in [5, 5.41) is 10.8. The van der Waals surface area contributed by atoms with Gasteiger partial charge >= 0.3 is 0 Å². The molecule has 0 radical (unpaired) electrons. The number of fused-ring (bicyclic) bond motifs is 5. The number of hydrogen-bond donors (Lipinski definition) is 1. The molecule has 3 aliphatic rings. The van der Waals surface area contributed by atoms with E-state index < -0.39 is 40.2 Å². The Morgan fingerprint density at radius 2 is 1.80 bits per heavy atom. The molecule has 2 amide bonds. The molecule has 230 valence electrons. The van der Waals surface area contributed by atoms with E-state index >= 15 is 8.78 Å². The lowest BCUT2D eigenvalue weighted by Crippen LogP contribution is -2.66. The Balaban J connectivity index is 1.57. The third-order valence-electron chi connectivity index (χ3n) is 9.44. The molecule has 1 saturated carbocycles. The van der Waals surface area contributed by atoms with Crippen molar-refractivity contribution in [2.75, 3.05) is 29.9 Å². The van der Waals surface area contributed by atoms with E-state index in [9.17, 15) is 19.5 Å². The molecule has 9 nitrogen and oxygen atoms in total. The summed E-state index contributed by atoms with van der Waals surface area (Å²) in [6.45, 7) is 5.64. The molecular formula is C34H31F2N5O4. The van der Waals surface area contributed by atoms with Crippen LogP contribution in [0.4, 0.5) is 20.2 Å². The summed E-state index contributed by atoms with van der Waals surface area (Å²) in [4.78, 5) is 50.4. The molecule has 4 aromatic rings. The lowest BCUT2D eigenvalue weighted by molar-refractivity contribution is -0.130. The first-order chi connectivity index (χ1) is 21.6. The van der Waals surface area contributed by atoms with Crippen LogP contribution in [0.25, 0.3) is 28.0 Å². The minimum absolute atomic E-state index is 0.0425. The monoisotopic (exact) mass is 611 g/mol. The number of phenols is 1. The largest absolute Gasteiger partial charge is 0.507 e. The number of para-hydroxylation sites is 1. The van der Waals surface area contributed by atoms with Crippen molar-refractivity contribution in [3.8, 4) is 22.7 Å². The number of carbonyl (C=O) groups is 2. The van der Waals surface area contributed by atoms with Crippen molar-refractivity contribution >= 4 is 34.2 Å². The van der Waals surface area contributed by atoms with Gasteiger partial charge in [-0.25, -0.2) is 13.8 Å². The Kier molecular flexibility index (Phi) is 6.72. The van der Waals surface area contributed by atoms with Crippen molar-refractivity contribution in [3.63, 3.8) is 0 Å². The fourth-order valence-electron chi connectivity index (χ4n) is 6.94. The normalized spacial score (nSPS) is 19.7. The van der Waals surface area contributed by atoms with E-state index in [1.165, 1.54) is 40.8 Å². The van der Waals surface area contributed by atoms with Crippen molar-refractivity contribution in [2.45, 2.75) is 44.2 Å². The maximum atomic E-state index is 16.1. The lowest BCUT2D eigenvalue weighted by Gasteiger charge is -2.49. The summed E-state index contributed by atoms with van der Waals surface area (Å²) in [5.41, 5.74) is 0.484. The van der Waals surface area contributed by atoms with Gasteiger partial charge in [0.05, 0.1) is 23.5 Å². The van der Waals surface area contributed by atoms with Crippen molar-refractivity contribution in [1.82, 2.24) is 14.5 Å². The molecule has 2 aliphatic heterocycles. The number of pyridine rings is 2. The van der Waals surface area contributed by atoms with Gasteiger partial charge in [-0.05, 0) is 61.6 Å². The van der Waals surface area contributed by atoms with Crippen molar-refractivity contribution in [2.24, 2.45) is 0 Å². The van der Waals surface area contributed by atoms with E-state index in [4.69, 9.17) is 0 Å². The summed E-state index contributed by atoms with van der Waals surface area (Å²) in [6, 6.07) is 11.1. The Hall–Kier alpha value is -5.06. The van der Waals surface area contributed by atoms with Crippen molar-refractivity contribution in [3.05, 3.63) is 88.7 Å². The highest BCUT2D eigenvalue weighted by atomic mass is 19.1. The molecule has 45 heavy (non-hydrogen) atoms. The summed E-state index contributed by atoms with van der Waals surface area (Å²) < 4.78 is 32.6. The highest BCUT2D eigenvalue weighted by Gasteiger charge is 2.46. The van der Waals surface area contributed by atoms with E-state index in [0.717, 1.165) is 30.9 Å². The fraction of sp³-hybridized carbons (Fsp3) is 0.294. The lowest BCUT2D eigenvalue weighted by atomic mass is 9.79. The Morgan fingerprint density at radius 1 is 1.04 bits per heavy atom. The third-order valence-corrected chi connectivity index (χ3v) is 9.44. The van der Waals surface area contributed by atoms with Gasteiger partial charge in [-0.1, -0.05) is 37.3 Å². The highest BCUT2D eigenvalue weighted by molar-refractivity contribution is 6.12. The first kappa shape index (κ1) is 28.7. The number of aromatic hydroxyl groups is 1. The van der Waals surface area contributed by atoms with Crippen LogP contribution in [0.1, 0.15) is 37.7 Å². The van der Waals surface area contributed by atoms with Gasteiger partial charge < -0.3 is 19.8 Å². The van der Waals surface area contributed by atoms with E-state index in [0.29, 0.717) is 11.4 Å². The van der Waals surface area contributed by atoms with Gasteiger partial charge in [-0.3, -0.25) is 19.0 Å². The molecule has 11 heteroatoms. The Morgan fingerprint density at radius 3 is 2.49 bits per heavy atom. The van der Waals surface area contributed by atoms with Crippen LogP contribution in [0.5, 0.6) is 5.75 Å². The third kappa shape index (κ3) is 4.24. The number of piperazine rings is 1. The molecular weight excluding hydrogens is 580 g/mol. The molecule has 0 spiro atoms. The quantitative estimate of drug-likeness (QED) is 0.331. The molecule has 2 fully saturated rings. The number of rotatable bonds is 4. The minimum atomic E-state index is -0.910. The second kappa shape index (κ2) is 10.5. The molecule has 2 aromatic heterocycles. The number of anilines is 2. The Labute approximate surface area is 257 Å². The molecule has 0 unspecified atom stereocenters. The molecule has 0 bridgehead atoms. The summed E-state index contributed by atoms with van der Waals surface area (Å²) in [7, 11) is 1.50. The predicted molar refractivity (Wildman–Crippen MR) is 167 cm³/mol. The van der Waals surface area contributed by atoms with Crippen LogP contribution in [-0.4, -0.2) is 63.6 Å². The van der Waals surface area contributed by atoms with Gasteiger partial charge in [-0.15, -0.1) is 0 Å². The predicted octanol–water partition coefficient (Wildman–Crippen LogP) is 4.87. The smallest absolute Gasteiger partial charge is 0.282 e. The maximum absolute atomic E-state index is 16.1. The van der Waals surface area contributed by atoms with Crippen molar-refractivity contribution in [1.29, 1.82) is 0 Å². The number of phenolic OH excluding ortho intramolecular Hbond substituents is 1. The number of amides is 2. The van der Waals surface area contributed by atoms with E-state index in [2.05, 4.69) is 11.6 Å². The zero-order chi connectivity index (χ0) is 31.7. The topological polar surface area (TPSA) is 99.0 Å². The van der Waals surface area contributed by atoms with E-state index in [1.54, 1.807) is 21.9 Å². The zero-order valence-corrected chi connectivity index (χ0v) is 24.8. The number of halogens is 2. The first-order valence-corrected chi connectivity index (χ1v) is 15.0. The number of aromatic nitrogens is 2. The molecule has 2 aromatic carbocycles. The van der Waals surface area contributed by atoms with Crippen LogP contribution in [-0.2, 0) is 9.59 Å². The zero-order valence-electron chi connectivity index (χ0n) is 24.8. The minimum Gasteiger partial charge on any atom is -0.507 e. The van der Waals surface area contributed by atoms with Crippen LogP contribution in [0, 0.1) is 11.6 Å². The van der Waals surface area contributed by atoms with Crippen LogP contribution in [0.2, 0.25) is 0 Å². The van der Waals surface area contributed by atoms with E-state index in [-0.39, 0.29) is 53.6 Å². The summed E-state index contributed by atoms with van der Waals surface area (Å²) >= 11 is 0. The molecule has 1 aliphatic carbocycles.